The molecule has 0 heterocycles. The van der Waals surface area contributed by atoms with Gasteiger partial charge in [-0.2, -0.15) is 0 Å². The Morgan fingerprint density at radius 3 is 2.26 bits per heavy atom. The normalized spacial score (nSPS) is 14.3. The summed E-state index contributed by atoms with van der Waals surface area (Å²) in [6, 6.07) is 14.5. The molecule has 12 heteroatoms. The molecule has 3 aromatic carbocycles. The lowest BCUT2D eigenvalue weighted by atomic mass is 10.1. The average molecular weight is 651 g/mol. The van der Waals surface area contributed by atoms with Gasteiger partial charge in [0.1, 0.15) is 24.2 Å². The fraction of sp³-hybridized carbons (Fsp3) is 0.355. The fourth-order valence-corrected chi connectivity index (χ4v) is 7.01. The van der Waals surface area contributed by atoms with Crippen LogP contribution in [0.15, 0.2) is 71.6 Å². The number of nitrogens with zero attached hydrogens (tertiary/aromatic N) is 2. The molecule has 8 nitrogen and oxygen atoms in total. The smallest absolute Gasteiger partial charge is 0.264 e. The van der Waals surface area contributed by atoms with Crippen LogP contribution in [0.1, 0.15) is 44.6 Å². The minimum atomic E-state index is -4.31. The molecule has 1 saturated carbocycles. The predicted octanol–water partition coefficient (Wildman–Crippen LogP) is 6.20. The molecular formula is C31H34Cl2FN3O5S. The summed E-state index contributed by atoms with van der Waals surface area (Å²) < 4.78 is 47.8. The van der Waals surface area contributed by atoms with Gasteiger partial charge in [0, 0.05) is 22.6 Å². The van der Waals surface area contributed by atoms with Gasteiger partial charge in [0.05, 0.1) is 17.7 Å². The van der Waals surface area contributed by atoms with E-state index in [4.69, 9.17) is 27.9 Å². The number of nitrogens with one attached hydrogen (secondary N) is 1. The second kappa shape index (κ2) is 14.4. The van der Waals surface area contributed by atoms with Gasteiger partial charge in [-0.1, -0.05) is 49.0 Å². The number of carbonyl (C=O) groups is 2. The number of halogens is 3. The molecule has 1 atom stereocenters. The maximum absolute atomic E-state index is 14.2. The van der Waals surface area contributed by atoms with Gasteiger partial charge < -0.3 is 15.0 Å². The number of methoxy groups -OCH3 is 1. The van der Waals surface area contributed by atoms with E-state index in [1.165, 1.54) is 48.4 Å². The third kappa shape index (κ3) is 7.99. The van der Waals surface area contributed by atoms with E-state index < -0.39 is 34.3 Å². The van der Waals surface area contributed by atoms with Crippen molar-refractivity contribution in [3.05, 3.63) is 88.2 Å². The molecule has 0 radical (unpaired) electrons. The molecule has 3 aromatic rings. The Labute approximate surface area is 261 Å². The summed E-state index contributed by atoms with van der Waals surface area (Å²) in [6.07, 6.45) is 4.02. The highest BCUT2D eigenvalue weighted by atomic mass is 35.5. The van der Waals surface area contributed by atoms with Crippen LogP contribution in [0, 0.1) is 5.82 Å². The number of sulfonamides is 1. The Balaban J connectivity index is 1.73. The molecule has 0 saturated heterocycles. The van der Waals surface area contributed by atoms with Crippen LogP contribution in [0.5, 0.6) is 5.75 Å². The minimum absolute atomic E-state index is 0.0174. The Kier molecular flexibility index (Phi) is 10.9. The second-order valence-corrected chi connectivity index (χ2v) is 13.0. The molecule has 1 aliphatic carbocycles. The van der Waals surface area contributed by atoms with E-state index in [-0.39, 0.29) is 35.5 Å². The fourth-order valence-electron chi connectivity index (χ4n) is 5.13. The lowest BCUT2D eigenvalue weighted by Gasteiger charge is -2.34. The Hall–Kier alpha value is -3.34. The van der Waals surface area contributed by atoms with Crippen LogP contribution in [0.2, 0.25) is 10.0 Å². The van der Waals surface area contributed by atoms with E-state index in [9.17, 15) is 22.4 Å². The number of rotatable bonds is 12. The topological polar surface area (TPSA) is 96.0 Å². The van der Waals surface area contributed by atoms with E-state index >= 15 is 0 Å². The van der Waals surface area contributed by atoms with Gasteiger partial charge >= 0.3 is 0 Å². The standard InChI is InChI=1S/C31H34Cl2FN3O5S/c1-3-29(31(39)35-24-6-4-5-7-24)36(19-21-8-9-22(32)18-28(21)33)30(38)20-37(25-12-10-23(34)11-13-25)43(40,41)27-16-14-26(42-2)15-17-27/h8-18,24,29H,3-7,19-20H2,1-2H3,(H,35,39)/t29-/m0/s1. The molecular weight excluding hydrogens is 616 g/mol. The van der Waals surface area contributed by atoms with Crippen molar-refractivity contribution in [3.63, 3.8) is 0 Å². The first-order chi connectivity index (χ1) is 20.5. The maximum Gasteiger partial charge on any atom is 0.264 e. The van der Waals surface area contributed by atoms with Gasteiger partial charge in [-0.3, -0.25) is 13.9 Å². The Morgan fingerprint density at radius 2 is 1.67 bits per heavy atom. The summed E-state index contributed by atoms with van der Waals surface area (Å²) >= 11 is 12.6. The minimum Gasteiger partial charge on any atom is -0.497 e. The van der Waals surface area contributed by atoms with Crippen molar-refractivity contribution in [1.82, 2.24) is 10.2 Å². The van der Waals surface area contributed by atoms with Gasteiger partial charge in [-0.05, 0) is 85.5 Å². The van der Waals surface area contributed by atoms with Crippen molar-refractivity contribution < 1.29 is 27.1 Å². The molecule has 0 spiro atoms. The number of carbonyl (C=O) groups excluding carboxylic acids is 2. The van der Waals surface area contributed by atoms with Gasteiger partial charge in [-0.25, -0.2) is 12.8 Å². The molecule has 4 rings (SSSR count). The third-order valence-corrected chi connectivity index (χ3v) is 9.86. The highest BCUT2D eigenvalue weighted by molar-refractivity contribution is 7.92. The van der Waals surface area contributed by atoms with E-state index in [2.05, 4.69) is 5.32 Å². The highest BCUT2D eigenvalue weighted by Crippen LogP contribution is 2.28. The Morgan fingerprint density at radius 1 is 1.02 bits per heavy atom. The van der Waals surface area contributed by atoms with Crippen molar-refractivity contribution >= 4 is 50.7 Å². The summed E-state index contributed by atoms with van der Waals surface area (Å²) in [7, 11) is -2.85. The van der Waals surface area contributed by atoms with Crippen LogP contribution in [-0.4, -0.2) is 50.9 Å². The SMILES string of the molecule is CC[C@@H](C(=O)NC1CCCC1)N(Cc1ccc(Cl)cc1Cl)C(=O)CN(c1ccc(F)cc1)S(=O)(=O)c1ccc(OC)cc1. The van der Waals surface area contributed by atoms with Crippen molar-refractivity contribution in [2.75, 3.05) is 18.0 Å². The molecule has 0 unspecified atom stereocenters. The van der Waals surface area contributed by atoms with E-state index in [0.717, 1.165) is 42.1 Å². The zero-order valence-electron chi connectivity index (χ0n) is 23.9. The molecule has 1 fully saturated rings. The largest absolute Gasteiger partial charge is 0.497 e. The highest BCUT2D eigenvalue weighted by Gasteiger charge is 2.35. The van der Waals surface area contributed by atoms with Crippen LogP contribution in [0.3, 0.4) is 0 Å². The first-order valence-electron chi connectivity index (χ1n) is 14.0. The molecule has 0 bridgehead atoms. The maximum atomic E-state index is 14.2. The summed E-state index contributed by atoms with van der Waals surface area (Å²) in [5.74, 6) is -1.07. The number of benzene rings is 3. The number of hydrogen-bond donors (Lipinski definition) is 1. The summed E-state index contributed by atoms with van der Waals surface area (Å²) in [5.41, 5.74) is 0.622. The van der Waals surface area contributed by atoms with E-state index in [1.807, 2.05) is 0 Å². The third-order valence-electron chi connectivity index (χ3n) is 7.48. The van der Waals surface area contributed by atoms with Gasteiger partial charge in [0.15, 0.2) is 0 Å². The van der Waals surface area contributed by atoms with Gasteiger partial charge in [0.25, 0.3) is 10.0 Å². The van der Waals surface area contributed by atoms with Crippen molar-refractivity contribution in [2.45, 2.75) is 62.6 Å². The van der Waals surface area contributed by atoms with E-state index in [0.29, 0.717) is 21.4 Å². The quantitative estimate of drug-likeness (QED) is 0.252. The predicted molar refractivity (Wildman–Crippen MR) is 165 cm³/mol. The molecule has 43 heavy (non-hydrogen) atoms. The average Bonchev–Trinajstić information content (AvgIpc) is 3.50. The van der Waals surface area contributed by atoms with Crippen LogP contribution in [0.4, 0.5) is 10.1 Å². The van der Waals surface area contributed by atoms with Crippen molar-refractivity contribution in [2.24, 2.45) is 0 Å². The zero-order valence-corrected chi connectivity index (χ0v) is 26.3. The lowest BCUT2D eigenvalue weighted by molar-refractivity contribution is -0.140. The second-order valence-electron chi connectivity index (χ2n) is 10.3. The first-order valence-corrected chi connectivity index (χ1v) is 16.2. The van der Waals surface area contributed by atoms with Crippen LogP contribution in [0.25, 0.3) is 0 Å². The lowest BCUT2D eigenvalue weighted by Crippen LogP contribution is -2.53. The number of amides is 2. The van der Waals surface area contributed by atoms with Crippen molar-refractivity contribution in [3.8, 4) is 5.75 Å². The molecule has 0 aliphatic heterocycles. The number of anilines is 1. The van der Waals surface area contributed by atoms with E-state index in [1.54, 1.807) is 25.1 Å². The summed E-state index contributed by atoms with van der Waals surface area (Å²) in [6.45, 7) is 1.07. The number of hydrogen-bond acceptors (Lipinski definition) is 5. The zero-order chi connectivity index (χ0) is 31.1. The monoisotopic (exact) mass is 649 g/mol. The van der Waals surface area contributed by atoms with Crippen LogP contribution in [-0.2, 0) is 26.2 Å². The molecule has 1 N–H and O–H groups in total. The molecule has 2 amide bonds. The van der Waals surface area contributed by atoms with Gasteiger partial charge in [0.2, 0.25) is 11.8 Å². The summed E-state index contributed by atoms with van der Waals surface area (Å²) in [5, 5.41) is 3.77. The van der Waals surface area contributed by atoms with Crippen LogP contribution >= 0.6 is 23.2 Å². The molecule has 1 aliphatic rings. The summed E-state index contributed by atoms with van der Waals surface area (Å²) in [4.78, 5) is 29.0. The molecule has 230 valence electrons. The molecule has 0 aromatic heterocycles. The van der Waals surface area contributed by atoms with Crippen LogP contribution < -0.4 is 14.4 Å². The van der Waals surface area contributed by atoms with Crippen molar-refractivity contribution in [1.29, 1.82) is 0 Å². The number of ether oxygens (including phenoxy) is 1. The van der Waals surface area contributed by atoms with Gasteiger partial charge in [-0.15, -0.1) is 0 Å². The first kappa shape index (κ1) is 32.6. The Bertz CT molecular complexity index is 1530.